The average Bonchev–Trinajstić information content (AvgIpc) is 3.00. The van der Waals surface area contributed by atoms with Gasteiger partial charge in [0, 0.05) is 16.8 Å². The topological polar surface area (TPSA) is 85.6 Å². The molecule has 8 heteroatoms. The molecule has 25 heavy (non-hydrogen) atoms. The molecule has 0 fully saturated rings. The van der Waals surface area contributed by atoms with Crippen LogP contribution in [0.15, 0.2) is 47.5 Å². The minimum atomic E-state index is -0.581. The Kier molecular flexibility index (Phi) is 4.99. The number of thioether (sulfide) groups is 1. The molecule has 0 bridgehead atoms. The Labute approximate surface area is 148 Å². The first kappa shape index (κ1) is 17.0. The summed E-state index contributed by atoms with van der Waals surface area (Å²) >= 11 is 1.58. The van der Waals surface area contributed by atoms with E-state index >= 15 is 0 Å². The van der Waals surface area contributed by atoms with E-state index in [1.807, 2.05) is 24.5 Å². The Morgan fingerprint density at radius 1 is 1.24 bits per heavy atom. The highest BCUT2D eigenvalue weighted by atomic mass is 32.2. The van der Waals surface area contributed by atoms with E-state index in [0.717, 1.165) is 4.90 Å². The summed E-state index contributed by atoms with van der Waals surface area (Å²) in [6.07, 6.45) is 3.55. The number of hydrogen-bond acceptors (Lipinski definition) is 6. The zero-order valence-corrected chi connectivity index (χ0v) is 14.5. The zero-order chi connectivity index (χ0) is 17.8. The second kappa shape index (κ2) is 7.35. The third-order valence-corrected chi connectivity index (χ3v) is 4.22. The predicted octanol–water partition coefficient (Wildman–Crippen LogP) is 2.56. The van der Waals surface area contributed by atoms with Crippen LogP contribution < -0.4 is 5.32 Å². The van der Waals surface area contributed by atoms with Crippen molar-refractivity contribution in [3.63, 3.8) is 0 Å². The number of amides is 1. The average molecular weight is 356 g/mol. The number of anilines is 1. The molecule has 0 aliphatic heterocycles. The highest BCUT2D eigenvalue weighted by Gasteiger charge is 2.12. The molecule has 0 radical (unpaired) electrons. The molecule has 0 saturated heterocycles. The van der Waals surface area contributed by atoms with Crippen molar-refractivity contribution in [2.24, 2.45) is 0 Å². The van der Waals surface area contributed by atoms with Crippen LogP contribution in [-0.2, 0) is 9.53 Å². The first-order valence-electron chi connectivity index (χ1n) is 7.49. The van der Waals surface area contributed by atoms with Crippen molar-refractivity contribution in [2.45, 2.75) is 11.8 Å². The largest absolute Gasteiger partial charge is 0.452 e. The quantitative estimate of drug-likeness (QED) is 0.559. The molecule has 0 unspecified atom stereocenters. The van der Waals surface area contributed by atoms with Crippen LogP contribution in [0.4, 0.5) is 5.69 Å². The fourth-order valence-corrected chi connectivity index (χ4v) is 2.70. The summed E-state index contributed by atoms with van der Waals surface area (Å²) in [5.74, 6) is -0.313. The van der Waals surface area contributed by atoms with Gasteiger partial charge in [-0.05, 0) is 43.5 Å². The fraction of sp³-hybridized carbons (Fsp3) is 0.176. The molecule has 0 spiro atoms. The summed E-state index contributed by atoms with van der Waals surface area (Å²) in [4.78, 5) is 25.1. The number of fused-ring (bicyclic) bond motifs is 1. The fourth-order valence-electron chi connectivity index (χ4n) is 2.24. The molecule has 1 aromatic carbocycles. The normalized spacial score (nSPS) is 10.6. The van der Waals surface area contributed by atoms with Gasteiger partial charge in [0.1, 0.15) is 5.82 Å². The maximum atomic E-state index is 12.1. The van der Waals surface area contributed by atoms with E-state index in [-0.39, 0.29) is 6.61 Å². The van der Waals surface area contributed by atoms with Gasteiger partial charge in [-0.3, -0.25) is 9.20 Å². The van der Waals surface area contributed by atoms with E-state index in [2.05, 4.69) is 15.5 Å². The van der Waals surface area contributed by atoms with Gasteiger partial charge in [0.15, 0.2) is 12.3 Å². The van der Waals surface area contributed by atoms with Gasteiger partial charge in [-0.2, -0.15) is 0 Å². The standard InChI is InChI=1S/C17H16N4O3S/c1-11-19-20-15-7-6-12(9-21(11)15)17(23)24-10-16(22)18-13-4-3-5-14(8-13)25-2/h3-9H,10H2,1-2H3,(H,18,22). The van der Waals surface area contributed by atoms with Crippen molar-refractivity contribution in [2.75, 3.05) is 18.2 Å². The minimum Gasteiger partial charge on any atom is -0.452 e. The summed E-state index contributed by atoms with van der Waals surface area (Å²) in [7, 11) is 0. The first-order chi connectivity index (χ1) is 12.1. The lowest BCUT2D eigenvalue weighted by Crippen LogP contribution is -2.21. The number of hydrogen-bond donors (Lipinski definition) is 1. The van der Waals surface area contributed by atoms with Crippen molar-refractivity contribution in [3.8, 4) is 0 Å². The molecule has 1 N–H and O–H groups in total. The van der Waals surface area contributed by atoms with Crippen LogP contribution in [0.2, 0.25) is 0 Å². The lowest BCUT2D eigenvalue weighted by Gasteiger charge is -2.08. The Morgan fingerprint density at radius 3 is 2.88 bits per heavy atom. The van der Waals surface area contributed by atoms with Crippen LogP contribution in [0, 0.1) is 6.92 Å². The highest BCUT2D eigenvalue weighted by molar-refractivity contribution is 7.98. The molecule has 128 valence electrons. The Balaban J connectivity index is 1.60. The predicted molar refractivity (Wildman–Crippen MR) is 94.9 cm³/mol. The Hall–Kier alpha value is -2.87. The summed E-state index contributed by atoms with van der Waals surface area (Å²) in [5.41, 5.74) is 1.63. The smallest absolute Gasteiger partial charge is 0.340 e. The number of pyridine rings is 1. The van der Waals surface area contributed by atoms with E-state index < -0.39 is 11.9 Å². The zero-order valence-electron chi connectivity index (χ0n) is 13.7. The summed E-state index contributed by atoms with van der Waals surface area (Å²) in [5, 5.41) is 10.6. The SMILES string of the molecule is CSc1cccc(NC(=O)COC(=O)c2ccc3nnc(C)n3c2)c1. The lowest BCUT2D eigenvalue weighted by atomic mass is 10.3. The van der Waals surface area contributed by atoms with Crippen molar-refractivity contribution in [3.05, 3.63) is 54.0 Å². The number of ether oxygens (including phenoxy) is 1. The maximum Gasteiger partial charge on any atom is 0.340 e. The minimum absolute atomic E-state index is 0.326. The van der Waals surface area contributed by atoms with Gasteiger partial charge in [0.05, 0.1) is 5.56 Å². The van der Waals surface area contributed by atoms with Gasteiger partial charge >= 0.3 is 5.97 Å². The van der Waals surface area contributed by atoms with E-state index in [9.17, 15) is 9.59 Å². The second-order valence-corrected chi connectivity index (χ2v) is 6.13. The van der Waals surface area contributed by atoms with Gasteiger partial charge in [-0.1, -0.05) is 6.07 Å². The molecule has 2 aromatic heterocycles. The number of carbonyl (C=O) groups is 2. The number of esters is 1. The number of nitrogens with zero attached hydrogens (tertiary/aromatic N) is 3. The number of aryl methyl sites for hydroxylation is 1. The van der Waals surface area contributed by atoms with Gasteiger partial charge < -0.3 is 10.1 Å². The van der Waals surface area contributed by atoms with Crippen LogP contribution in [0.1, 0.15) is 16.2 Å². The van der Waals surface area contributed by atoms with Gasteiger partial charge in [0.25, 0.3) is 5.91 Å². The van der Waals surface area contributed by atoms with Crippen molar-refractivity contribution >= 4 is 35.0 Å². The Bertz CT molecular complexity index is 939. The summed E-state index contributed by atoms with van der Waals surface area (Å²) < 4.78 is 6.76. The molecular formula is C17H16N4O3S. The van der Waals surface area contributed by atoms with Crippen molar-refractivity contribution < 1.29 is 14.3 Å². The molecule has 0 atom stereocenters. The van der Waals surface area contributed by atoms with E-state index in [1.165, 1.54) is 0 Å². The van der Waals surface area contributed by atoms with Gasteiger partial charge in [-0.25, -0.2) is 4.79 Å². The highest BCUT2D eigenvalue weighted by Crippen LogP contribution is 2.18. The molecule has 0 aliphatic carbocycles. The lowest BCUT2D eigenvalue weighted by molar-refractivity contribution is -0.119. The van der Waals surface area contributed by atoms with Gasteiger partial charge in [-0.15, -0.1) is 22.0 Å². The van der Waals surface area contributed by atoms with Crippen LogP contribution in [0.3, 0.4) is 0 Å². The number of nitrogens with one attached hydrogen (secondary N) is 1. The summed E-state index contributed by atoms with van der Waals surface area (Å²) in [6.45, 7) is 1.42. The summed E-state index contributed by atoms with van der Waals surface area (Å²) in [6, 6.07) is 10.7. The van der Waals surface area contributed by atoms with Crippen molar-refractivity contribution in [1.29, 1.82) is 0 Å². The monoisotopic (exact) mass is 356 g/mol. The van der Waals surface area contributed by atoms with Crippen molar-refractivity contribution in [1.82, 2.24) is 14.6 Å². The second-order valence-electron chi connectivity index (χ2n) is 5.25. The van der Waals surface area contributed by atoms with E-state index in [4.69, 9.17) is 4.74 Å². The molecule has 2 heterocycles. The number of aromatic nitrogens is 3. The number of rotatable bonds is 5. The maximum absolute atomic E-state index is 12.1. The van der Waals surface area contributed by atoms with E-state index in [1.54, 1.807) is 47.5 Å². The van der Waals surface area contributed by atoms with Crippen LogP contribution >= 0.6 is 11.8 Å². The molecule has 0 aliphatic rings. The first-order valence-corrected chi connectivity index (χ1v) is 8.72. The van der Waals surface area contributed by atoms with Crippen LogP contribution in [-0.4, -0.2) is 39.3 Å². The van der Waals surface area contributed by atoms with Crippen LogP contribution in [0.25, 0.3) is 5.65 Å². The number of carbonyl (C=O) groups excluding carboxylic acids is 2. The van der Waals surface area contributed by atoms with Crippen LogP contribution in [0.5, 0.6) is 0 Å². The van der Waals surface area contributed by atoms with E-state index in [0.29, 0.717) is 22.7 Å². The third-order valence-electron chi connectivity index (χ3n) is 3.50. The Morgan fingerprint density at radius 2 is 2.08 bits per heavy atom. The number of benzene rings is 1. The molecule has 7 nitrogen and oxygen atoms in total. The molecule has 3 rings (SSSR count). The molecular weight excluding hydrogens is 340 g/mol. The van der Waals surface area contributed by atoms with Gasteiger partial charge in [0.2, 0.25) is 0 Å². The molecule has 1 amide bonds. The molecule has 0 saturated carbocycles. The third kappa shape index (κ3) is 3.97. The molecule has 3 aromatic rings.